The highest BCUT2D eigenvalue weighted by Crippen LogP contribution is 2.04. The fourth-order valence-electron chi connectivity index (χ4n) is 2.11. The Kier molecular flexibility index (Phi) is 8.86. The normalized spacial score (nSPS) is 16.7. The fraction of sp³-hybridized carbons (Fsp3) is 0.929. The van der Waals surface area contributed by atoms with E-state index in [1.807, 2.05) is 0 Å². The second-order valence-corrected chi connectivity index (χ2v) is 4.90. The molecule has 0 atom stereocenters. The van der Waals surface area contributed by atoms with Crippen LogP contribution in [0.5, 0.6) is 0 Å². The molecule has 0 aromatic heterocycles. The van der Waals surface area contributed by atoms with Crippen LogP contribution in [0.4, 0.5) is 0 Å². The topological polar surface area (TPSA) is 43.6 Å². The van der Waals surface area contributed by atoms with Crippen molar-refractivity contribution in [3.8, 4) is 0 Å². The maximum absolute atomic E-state index is 11.4. The average Bonchev–Trinajstić information content (AvgIpc) is 2.41. The van der Waals surface area contributed by atoms with Crippen molar-refractivity contribution in [2.75, 3.05) is 39.3 Å². The lowest BCUT2D eigenvalue weighted by Gasteiger charge is -2.25. The van der Waals surface area contributed by atoms with Crippen LogP contribution in [0.1, 0.15) is 45.4 Å². The third-order valence-corrected chi connectivity index (χ3v) is 3.26. The zero-order valence-electron chi connectivity index (χ0n) is 11.7. The summed E-state index contributed by atoms with van der Waals surface area (Å²) < 4.78 is 5.22. The standard InChI is InChI=1S/C14H27N2O2/c1-2-3-4-5-7-14(17)18-13-6-10-16-11-8-15-9-12-16/h2-13H2,1H3. The van der Waals surface area contributed by atoms with Gasteiger partial charge in [-0.15, -0.1) is 0 Å². The predicted molar refractivity (Wildman–Crippen MR) is 72.6 cm³/mol. The summed E-state index contributed by atoms with van der Waals surface area (Å²) in [7, 11) is 0. The van der Waals surface area contributed by atoms with Gasteiger partial charge in [-0.2, -0.15) is 0 Å². The minimum atomic E-state index is -0.0280. The van der Waals surface area contributed by atoms with Gasteiger partial charge >= 0.3 is 5.97 Å². The van der Waals surface area contributed by atoms with Gasteiger partial charge in [0, 0.05) is 39.1 Å². The lowest BCUT2D eigenvalue weighted by molar-refractivity contribution is -0.144. The Morgan fingerprint density at radius 3 is 2.67 bits per heavy atom. The molecule has 0 spiro atoms. The summed E-state index contributed by atoms with van der Waals surface area (Å²) in [5.41, 5.74) is 0. The second-order valence-electron chi connectivity index (χ2n) is 4.90. The number of piperazine rings is 1. The van der Waals surface area contributed by atoms with Gasteiger partial charge in [-0.1, -0.05) is 26.2 Å². The predicted octanol–water partition coefficient (Wildman–Crippen LogP) is 1.81. The fourth-order valence-corrected chi connectivity index (χ4v) is 2.11. The first-order valence-corrected chi connectivity index (χ1v) is 7.34. The molecule has 4 heteroatoms. The first-order chi connectivity index (χ1) is 8.83. The first-order valence-electron chi connectivity index (χ1n) is 7.34. The Bertz CT molecular complexity index is 216. The van der Waals surface area contributed by atoms with E-state index in [9.17, 15) is 4.79 Å². The van der Waals surface area contributed by atoms with E-state index in [2.05, 4.69) is 17.1 Å². The summed E-state index contributed by atoms with van der Waals surface area (Å²) in [5.74, 6) is -0.0280. The number of rotatable bonds is 9. The first kappa shape index (κ1) is 15.4. The van der Waals surface area contributed by atoms with Gasteiger partial charge in [-0.3, -0.25) is 4.79 Å². The second kappa shape index (κ2) is 10.3. The Labute approximate surface area is 111 Å². The third kappa shape index (κ3) is 7.67. The molecule has 0 saturated carbocycles. The highest BCUT2D eigenvalue weighted by atomic mass is 16.5. The van der Waals surface area contributed by atoms with Gasteiger partial charge in [-0.05, 0) is 12.8 Å². The molecular weight excluding hydrogens is 228 g/mol. The molecule has 0 unspecified atom stereocenters. The van der Waals surface area contributed by atoms with Crippen LogP contribution in [0.3, 0.4) is 0 Å². The molecule has 0 N–H and O–H groups in total. The van der Waals surface area contributed by atoms with Gasteiger partial charge in [-0.25, -0.2) is 5.32 Å². The molecule has 18 heavy (non-hydrogen) atoms. The number of carbonyl (C=O) groups is 1. The molecule has 0 amide bonds. The number of unbranched alkanes of at least 4 members (excludes halogenated alkanes) is 3. The molecule has 1 aliphatic heterocycles. The summed E-state index contributed by atoms with van der Waals surface area (Å²) >= 11 is 0. The smallest absolute Gasteiger partial charge is 0.305 e. The van der Waals surface area contributed by atoms with Gasteiger partial charge in [0.25, 0.3) is 0 Å². The van der Waals surface area contributed by atoms with Crippen molar-refractivity contribution in [2.24, 2.45) is 0 Å². The van der Waals surface area contributed by atoms with Crippen LogP contribution >= 0.6 is 0 Å². The largest absolute Gasteiger partial charge is 0.466 e. The van der Waals surface area contributed by atoms with Crippen molar-refractivity contribution >= 4 is 5.97 Å². The van der Waals surface area contributed by atoms with Gasteiger partial charge in [0.05, 0.1) is 6.61 Å². The van der Waals surface area contributed by atoms with Crippen LogP contribution in [0.2, 0.25) is 0 Å². The van der Waals surface area contributed by atoms with E-state index in [4.69, 9.17) is 4.74 Å². The molecule has 4 nitrogen and oxygen atoms in total. The molecule has 1 fully saturated rings. The molecule has 0 aromatic carbocycles. The monoisotopic (exact) mass is 255 g/mol. The SMILES string of the molecule is CCCCCCC(=O)OCCCN1CC[N]CC1. The van der Waals surface area contributed by atoms with Gasteiger partial charge < -0.3 is 9.64 Å². The average molecular weight is 255 g/mol. The van der Waals surface area contributed by atoms with Crippen LogP contribution in [0, 0.1) is 0 Å². The molecule has 105 valence electrons. The van der Waals surface area contributed by atoms with Crippen LogP contribution in [0.15, 0.2) is 0 Å². The minimum absolute atomic E-state index is 0.0280. The molecule has 1 aliphatic rings. The molecule has 1 rings (SSSR count). The number of hydrogen-bond acceptors (Lipinski definition) is 3. The number of esters is 1. The molecule has 1 saturated heterocycles. The van der Waals surface area contributed by atoms with E-state index in [0.29, 0.717) is 13.0 Å². The molecule has 1 heterocycles. The number of nitrogens with zero attached hydrogens (tertiary/aromatic N) is 2. The summed E-state index contributed by atoms with van der Waals surface area (Å²) in [6.07, 6.45) is 6.07. The highest BCUT2D eigenvalue weighted by molar-refractivity contribution is 5.69. The number of hydrogen-bond donors (Lipinski definition) is 0. The van der Waals surface area contributed by atoms with Crippen LogP contribution in [-0.4, -0.2) is 50.2 Å². The van der Waals surface area contributed by atoms with Crippen LogP contribution in [0.25, 0.3) is 0 Å². The summed E-state index contributed by atoms with van der Waals surface area (Å²) in [6.45, 7) is 7.80. The zero-order chi connectivity index (χ0) is 13.1. The summed E-state index contributed by atoms with van der Waals surface area (Å²) in [5, 5.41) is 4.31. The van der Waals surface area contributed by atoms with E-state index >= 15 is 0 Å². The summed E-state index contributed by atoms with van der Waals surface area (Å²) in [4.78, 5) is 13.8. The van der Waals surface area contributed by atoms with Gasteiger partial charge in [0.1, 0.15) is 0 Å². The number of carbonyl (C=O) groups excluding carboxylic acids is 1. The molecule has 0 bridgehead atoms. The van der Waals surface area contributed by atoms with E-state index in [1.165, 1.54) is 12.8 Å². The van der Waals surface area contributed by atoms with Gasteiger partial charge in [0.2, 0.25) is 0 Å². The minimum Gasteiger partial charge on any atom is -0.466 e. The van der Waals surface area contributed by atoms with Crippen molar-refractivity contribution in [3.63, 3.8) is 0 Å². The molecule has 0 aliphatic carbocycles. The Hall–Kier alpha value is -0.610. The number of ether oxygens (including phenoxy) is 1. The van der Waals surface area contributed by atoms with E-state index in [-0.39, 0.29) is 5.97 Å². The van der Waals surface area contributed by atoms with Crippen molar-refractivity contribution in [1.29, 1.82) is 0 Å². The lowest BCUT2D eigenvalue weighted by Crippen LogP contribution is -2.40. The van der Waals surface area contributed by atoms with Crippen LogP contribution in [-0.2, 0) is 9.53 Å². The van der Waals surface area contributed by atoms with E-state index < -0.39 is 0 Å². The molecule has 1 radical (unpaired) electrons. The van der Waals surface area contributed by atoms with Crippen molar-refractivity contribution in [3.05, 3.63) is 0 Å². The molecular formula is C14H27N2O2. The van der Waals surface area contributed by atoms with E-state index in [0.717, 1.165) is 52.0 Å². The van der Waals surface area contributed by atoms with Crippen molar-refractivity contribution in [1.82, 2.24) is 10.2 Å². The quantitative estimate of drug-likeness (QED) is 0.466. The van der Waals surface area contributed by atoms with Gasteiger partial charge in [0.15, 0.2) is 0 Å². The maximum Gasteiger partial charge on any atom is 0.305 e. The maximum atomic E-state index is 11.4. The third-order valence-electron chi connectivity index (χ3n) is 3.26. The Balaban J connectivity index is 1.88. The Morgan fingerprint density at radius 2 is 1.94 bits per heavy atom. The van der Waals surface area contributed by atoms with Crippen molar-refractivity contribution < 1.29 is 9.53 Å². The Morgan fingerprint density at radius 1 is 1.17 bits per heavy atom. The van der Waals surface area contributed by atoms with E-state index in [1.54, 1.807) is 0 Å². The lowest BCUT2D eigenvalue weighted by atomic mass is 10.2. The zero-order valence-corrected chi connectivity index (χ0v) is 11.7. The summed E-state index contributed by atoms with van der Waals surface area (Å²) in [6, 6.07) is 0. The highest BCUT2D eigenvalue weighted by Gasteiger charge is 2.09. The van der Waals surface area contributed by atoms with Crippen molar-refractivity contribution in [2.45, 2.75) is 45.4 Å². The van der Waals surface area contributed by atoms with Crippen LogP contribution < -0.4 is 5.32 Å². The molecule has 0 aromatic rings.